The lowest BCUT2D eigenvalue weighted by Crippen LogP contribution is -1.91. The topological polar surface area (TPSA) is 121 Å². The summed E-state index contributed by atoms with van der Waals surface area (Å²) in [5.41, 5.74) is 0. The number of hydrogen-bond donors (Lipinski definition) is 6. The highest BCUT2D eigenvalue weighted by atomic mass is 32.5. The summed E-state index contributed by atoms with van der Waals surface area (Å²) in [5.74, 6) is 1.26. The average Bonchev–Trinajstić information content (AvgIpc) is 2.28. The van der Waals surface area contributed by atoms with Crippen LogP contribution in [0.25, 0.3) is 0 Å². The van der Waals surface area contributed by atoms with Gasteiger partial charge in [-0.2, -0.15) is 11.8 Å². The SMILES string of the molecule is CC.CCC.CCSC(C)CC.OP(O)(O)=S.OP(O)(O)=S. The van der Waals surface area contributed by atoms with Gasteiger partial charge in [-0.1, -0.05) is 54.9 Å². The van der Waals surface area contributed by atoms with Gasteiger partial charge in [-0.05, 0) is 35.8 Å². The Labute approximate surface area is 150 Å². The molecule has 142 valence electrons. The molecule has 0 saturated carbocycles. The Kier molecular flexibility index (Phi) is 38.9. The van der Waals surface area contributed by atoms with E-state index < -0.39 is 13.4 Å². The molecule has 0 rings (SSSR count). The predicted octanol–water partition coefficient (Wildman–Crippen LogP) is 3.36. The highest BCUT2D eigenvalue weighted by Crippen LogP contribution is 2.26. The van der Waals surface area contributed by atoms with Gasteiger partial charge in [0.15, 0.2) is 0 Å². The molecular formula is C11H34O6P2S3. The zero-order valence-electron chi connectivity index (χ0n) is 14.5. The molecule has 0 saturated heterocycles. The van der Waals surface area contributed by atoms with Gasteiger partial charge in [-0.15, -0.1) is 0 Å². The summed E-state index contributed by atoms with van der Waals surface area (Å²) < 4.78 is 0. The van der Waals surface area contributed by atoms with Gasteiger partial charge in [0.1, 0.15) is 0 Å². The molecular weight excluding hydrogens is 386 g/mol. The van der Waals surface area contributed by atoms with Gasteiger partial charge in [0.25, 0.3) is 0 Å². The molecule has 0 aliphatic carbocycles. The third-order valence-corrected chi connectivity index (χ3v) is 2.26. The first kappa shape index (κ1) is 34.7. The second-order valence-corrected chi connectivity index (χ2v) is 10.1. The van der Waals surface area contributed by atoms with Crippen LogP contribution in [0.15, 0.2) is 0 Å². The van der Waals surface area contributed by atoms with Crippen molar-refractivity contribution in [3.05, 3.63) is 0 Å². The maximum Gasteiger partial charge on any atom is 0.319 e. The minimum Gasteiger partial charge on any atom is -0.325 e. The molecule has 6 N–H and O–H groups in total. The Hall–Kier alpha value is 1.41. The van der Waals surface area contributed by atoms with Crippen LogP contribution >= 0.6 is 25.2 Å². The van der Waals surface area contributed by atoms with Crippen LogP contribution in [0.1, 0.15) is 61.3 Å². The van der Waals surface area contributed by atoms with Crippen LogP contribution in [0.4, 0.5) is 0 Å². The van der Waals surface area contributed by atoms with Crippen molar-refractivity contribution in [3.63, 3.8) is 0 Å². The predicted molar refractivity (Wildman–Crippen MR) is 107 cm³/mol. The largest absolute Gasteiger partial charge is 0.325 e. The molecule has 0 aliphatic rings. The second kappa shape index (κ2) is 24.7. The monoisotopic (exact) mass is 420 g/mol. The van der Waals surface area contributed by atoms with E-state index in [2.05, 4.69) is 58.2 Å². The summed E-state index contributed by atoms with van der Waals surface area (Å²) in [7, 11) is 0. The molecule has 0 bridgehead atoms. The van der Waals surface area contributed by atoms with E-state index in [1.165, 1.54) is 18.6 Å². The lowest BCUT2D eigenvalue weighted by atomic mass is 10.4. The van der Waals surface area contributed by atoms with Crippen LogP contribution in [0, 0.1) is 0 Å². The van der Waals surface area contributed by atoms with Crippen molar-refractivity contribution in [2.45, 2.75) is 66.6 Å². The van der Waals surface area contributed by atoms with Crippen molar-refractivity contribution in [1.82, 2.24) is 0 Å². The van der Waals surface area contributed by atoms with Crippen molar-refractivity contribution < 1.29 is 29.4 Å². The zero-order chi connectivity index (χ0) is 19.4. The molecule has 0 heterocycles. The summed E-state index contributed by atoms with van der Waals surface area (Å²) in [6.07, 6.45) is 2.55. The van der Waals surface area contributed by atoms with Crippen LogP contribution in [0.2, 0.25) is 0 Å². The van der Waals surface area contributed by atoms with E-state index in [-0.39, 0.29) is 0 Å². The van der Waals surface area contributed by atoms with E-state index in [1.807, 2.05) is 25.6 Å². The molecule has 0 aromatic heterocycles. The lowest BCUT2D eigenvalue weighted by molar-refractivity contribution is 0.361. The molecule has 11 heteroatoms. The van der Waals surface area contributed by atoms with Crippen LogP contribution in [0.5, 0.6) is 0 Å². The summed E-state index contributed by atoms with van der Waals surface area (Å²) >= 11 is 9.24. The first-order chi connectivity index (χ1) is 9.72. The van der Waals surface area contributed by atoms with Crippen LogP contribution in [-0.4, -0.2) is 40.4 Å². The van der Waals surface area contributed by atoms with E-state index in [9.17, 15) is 0 Å². The number of hydrogen-bond acceptors (Lipinski definition) is 3. The lowest BCUT2D eigenvalue weighted by Gasteiger charge is -2.02. The average molecular weight is 421 g/mol. The molecule has 1 atom stereocenters. The molecule has 22 heavy (non-hydrogen) atoms. The second-order valence-electron chi connectivity index (χ2n) is 3.41. The van der Waals surface area contributed by atoms with Gasteiger partial charge in [-0.25, -0.2) is 0 Å². The first-order valence-corrected chi connectivity index (χ1v) is 13.3. The summed E-state index contributed by atoms with van der Waals surface area (Å²) in [6, 6.07) is 0. The third kappa shape index (κ3) is 217. The summed E-state index contributed by atoms with van der Waals surface area (Å²) in [4.78, 5) is 45.3. The summed E-state index contributed by atoms with van der Waals surface area (Å²) in [5, 5.41) is 0.866. The van der Waals surface area contributed by atoms with E-state index in [0.29, 0.717) is 0 Å². The van der Waals surface area contributed by atoms with Crippen LogP contribution in [-0.2, 0) is 23.6 Å². The Bertz CT molecular complexity index is 234. The van der Waals surface area contributed by atoms with E-state index >= 15 is 0 Å². The Balaban J connectivity index is -0.0000000581. The fraction of sp³-hybridized carbons (Fsp3) is 1.00. The van der Waals surface area contributed by atoms with Crippen molar-refractivity contribution in [2.24, 2.45) is 0 Å². The number of thioether (sulfide) groups is 1. The summed E-state index contributed by atoms with van der Waals surface area (Å²) in [6.45, 7) is 7.35. The standard InChI is InChI=1S/C6H14S.C3H8.C2H6.2H3O3PS/c1-4-6(3)7-5-2;1-3-2;1-2;2*1-4(2,3)5/h6H,4-5H2,1-3H3;3H2,1-2H3;1-2H3;2*(H3,1,2,3,5). The molecule has 6 nitrogen and oxygen atoms in total. The molecule has 0 amide bonds. The van der Waals surface area contributed by atoms with E-state index in [0.717, 1.165) is 5.25 Å². The van der Waals surface area contributed by atoms with E-state index in [1.54, 1.807) is 0 Å². The molecule has 0 spiro atoms. The molecule has 1 unspecified atom stereocenters. The molecule has 0 radical (unpaired) electrons. The Morgan fingerprint density at radius 1 is 0.818 bits per heavy atom. The van der Waals surface area contributed by atoms with Crippen molar-refractivity contribution in [1.29, 1.82) is 0 Å². The molecule has 0 fully saturated rings. The van der Waals surface area contributed by atoms with Gasteiger partial charge < -0.3 is 29.4 Å². The van der Waals surface area contributed by atoms with Gasteiger partial charge in [-0.3, -0.25) is 0 Å². The Morgan fingerprint density at radius 2 is 1.00 bits per heavy atom. The van der Waals surface area contributed by atoms with Crippen LogP contribution in [0.3, 0.4) is 0 Å². The van der Waals surface area contributed by atoms with Gasteiger partial charge >= 0.3 is 13.4 Å². The molecule has 0 aromatic rings. The third-order valence-electron chi connectivity index (χ3n) is 1.03. The molecule has 0 aromatic carbocycles. The van der Waals surface area contributed by atoms with Crippen molar-refractivity contribution in [3.8, 4) is 0 Å². The van der Waals surface area contributed by atoms with Gasteiger partial charge in [0.05, 0.1) is 0 Å². The number of rotatable bonds is 3. The minimum atomic E-state index is -3.81. The Morgan fingerprint density at radius 3 is 1.05 bits per heavy atom. The smallest absolute Gasteiger partial charge is 0.319 e. The highest BCUT2D eigenvalue weighted by Gasteiger charge is 1.93. The minimum absolute atomic E-state index is 0.866. The fourth-order valence-corrected chi connectivity index (χ4v) is 1.21. The first-order valence-electron chi connectivity index (χ1n) is 6.90. The normalized spacial score (nSPS) is 11.0. The maximum absolute atomic E-state index is 7.56. The van der Waals surface area contributed by atoms with Crippen LogP contribution < -0.4 is 0 Å². The zero-order valence-corrected chi connectivity index (χ0v) is 18.7. The maximum atomic E-state index is 7.56. The quantitative estimate of drug-likeness (QED) is 0.382. The highest BCUT2D eigenvalue weighted by molar-refractivity contribution is 8.06. The van der Waals surface area contributed by atoms with Gasteiger partial charge in [0.2, 0.25) is 0 Å². The van der Waals surface area contributed by atoms with Crippen molar-refractivity contribution >= 4 is 48.8 Å². The van der Waals surface area contributed by atoms with Gasteiger partial charge in [0, 0.05) is 5.25 Å². The molecule has 0 aliphatic heterocycles. The fourth-order valence-electron chi connectivity index (χ4n) is 0.402. The van der Waals surface area contributed by atoms with Crippen molar-refractivity contribution in [2.75, 3.05) is 5.75 Å². The van der Waals surface area contributed by atoms with E-state index in [4.69, 9.17) is 29.4 Å².